The maximum Gasteiger partial charge on any atom is 0.241 e. The van der Waals surface area contributed by atoms with Gasteiger partial charge in [0.15, 0.2) is 0 Å². The molecule has 3 N–H and O–H groups in total. The SMILES string of the molecule is CC[C@@H](N)C(=O)Nc1cc(Cl)c(C)cc1Br. The van der Waals surface area contributed by atoms with Crippen LogP contribution in [0.5, 0.6) is 0 Å². The molecule has 0 spiro atoms. The van der Waals surface area contributed by atoms with Crippen molar-refractivity contribution >= 4 is 39.1 Å². The van der Waals surface area contributed by atoms with Crippen LogP contribution in [0.3, 0.4) is 0 Å². The predicted molar refractivity (Wildman–Crippen MR) is 70.8 cm³/mol. The van der Waals surface area contributed by atoms with Crippen LogP contribution in [0.1, 0.15) is 18.9 Å². The Morgan fingerprint density at radius 1 is 1.62 bits per heavy atom. The van der Waals surface area contributed by atoms with Crippen LogP contribution >= 0.6 is 27.5 Å². The lowest BCUT2D eigenvalue weighted by molar-refractivity contribution is -0.117. The summed E-state index contributed by atoms with van der Waals surface area (Å²) in [5, 5.41) is 3.35. The normalized spacial score (nSPS) is 12.3. The number of benzene rings is 1. The van der Waals surface area contributed by atoms with Crippen molar-refractivity contribution in [1.29, 1.82) is 0 Å². The Kier molecular flexibility index (Phi) is 4.77. The van der Waals surface area contributed by atoms with E-state index in [4.69, 9.17) is 17.3 Å². The minimum atomic E-state index is -0.494. The minimum Gasteiger partial charge on any atom is -0.324 e. The van der Waals surface area contributed by atoms with Crippen LogP contribution < -0.4 is 11.1 Å². The van der Waals surface area contributed by atoms with Gasteiger partial charge < -0.3 is 11.1 Å². The van der Waals surface area contributed by atoms with E-state index in [0.717, 1.165) is 10.0 Å². The molecule has 1 atom stereocenters. The zero-order chi connectivity index (χ0) is 12.3. The smallest absolute Gasteiger partial charge is 0.241 e. The summed E-state index contributed by atoms with van der Waals surface area (Å²) in [5.41, 5.74) is 7.22. The average Bonchev–Trinajstić information content (AvgIpc) is 2.24. The first-order valence-corrected chi connectivity index (χ1v) is 6.15. The quantitative estimate of drug-likeness (QED) is 0.901. The summed E-state index contributed by atoms with van der Waals surface area (Å²) >= 11 is 9.35. The van der Waals surface area contributed by atoms with Crippen molar-refractivity contribution in [3.63, 3.8) is 0 Å². The van der Waals surface area contributed by atoms with E-state index >= 15 is 0 Å². The molecule has 0 aliphatic carbocycles. The number of nitrogens with two attached hydrogens (primary N) is 1. The molecule has 1 rings (SSSR count). The summed E-state index contributed by atoms with van der Waals surface area (Å²) in [6, 6.07) is 3.07. The molecule has 88 valence electrons. The molecule has 16 heavy (non-hydrogen) atoms. The molecule has 0 saturated heterocycles. The molecule has 0 unspecified atom stereocenters. The molecular weight excluding hydrogens is 291 g/mol. The maximum absolute atomic E-state index is 11.6. The van der Waals surface area contributed by atoms with Crippen LogP contribution in [-0.2, 0) is 4.79 Å². The number of anilines is 1. The van der Waals surface area contributed by atoms with Crippen molar-refractivity contribution in [2.24, 2.45) is 5.73 Å². The van der Waals surface area contributed by atoms with Crippen molar-refractivity contribution in [2.75, 3.05) is 5.32 Å². The molecule has 0 fully saturated rings. The van der Waals surface area contributed by atoms with Crippen LogP contribution in [0.25, 0.3) is 0 Å². The summed E-state index contributed by atoms with van der Waals surface area (Å²) in [5.74, 6) is -0.205. The average molecular weight is 306 g/mol. The first kappa shape index (κ1) is 13.5. The summed E-state index contributed by atoms with van der Waals surface area (Å²) in [6.45, 7) is 3.76. The molecule has 1 aromatic rings. The Hall–Kier alpha value is -0.580. The predicted octanol–water partition coefficient (Wildman–Crippen LogP) is 3.09. The van der Waals surface area contributed by atoms with Crippen LogP contribution in [0.15, 0.2) is 16.6 Å². The van der Waals surface area contributed by atoms with Gasteiger partial charge >= 0.3 is 0 Å². The first-order valence-electron chi connectivity index (χ1n) is 4.97. The van der Waals surface area contributed by atoms with Crippen LogP contribution in [-0.4, -0.2) is 11.9 Å². The lowest BCUT2D eigenvalue weighted by Gasteiger charge is -2.12. The van der Waals surface area contributed by atoms with Crippen molar-refractivity contribution in [3.05, 3.63) is 27.2 Å². The lowest BCUT2D eigenvalue weighted by atomic mass is 10.2. The van der Waals surface area contributed by atoms with Gasteiger partial charge in [0.1, 0.15) is 0 Å². The fraction of sp³-hybridized carbons (Fsp3) is 0.364. The molecule has 1 amide bonds. The summed E-state index contributed by atoms with van der Waals surface area (Å²) in [4.78, 5) is 11.6. The largest absolute Gasteiger partial charge is 0.324 e. The second kappa shape index (κ2) is 5.66. The van der Waals surface area contributed by atoms with Gasteiger partial charge in [-0.25, -0.2) is 0 Å². The van der Waals surface area contributed by atoms with Crippen LogP contribution in [0, 0.1) is 6.92 Å². The molecule has 1 aromatic carbocycles. The standard InChI is InChI=1S/C11H14BrClN2O/c1-3-9(14)11(16)15-10-5-8(13)6(2)4-7(10)12/h4-5,9H,3,14H2,1-2H3,(H,15,16)/t9-/m1/s1. The highest BCUT2D eigenvalue weighted by Crippen LogP contribution is 2.29. The molecular formula is C11H14BrClN2O. The molecule has 0 aliphatic rings. The monoisotopic (exact) mass is 304 g/mol. The topological polar surface area (TPSA) is 55.1 Å². The molecule has 3 nitrogen and oxygen atoms in total. The van der Waals surface area contributed by atoms with Crippen molar-refractivity contribution in [1.82, 2.24) is 0 Å². The van der Waals surface area contributed by atoms with Gasteiger partial charge in [-0.1, -0.05) is 18.5 Å². The molecule has 0 saturated carbocycles. The maximum atomic E-state index is 11.6. The highest BCUT2D eigenvalue weighted by atomic mass is 79.9. The Bertz CT molecular complexity index is 409. The van der Waals surface area contributed by atoms with Gasteiger partial charge in [-0.3, -0.25) is 4.79 Å². The first-order chi connectivity index (χ1) is 7.45. The van der Waals surface area contributed by atoms with Gasteiger partial charge in [0, 0.05) is 9.50 Å². The summed E-state index contributed by atoms with van der Waals surface area (Å²) in [7, 11) is 0. The van der Waals surface area contributed by atoms with Gasteiger partial charge in [-0.15, -0.1) is 0 Å². The molecule has 0 aliphatic heterocycles. The number of halogens is 2. The lowest BCUT2D eigenvalue weighted by Crippen LogP contribution is -2.34. The van der Waals surface area contributed by atoms with E-state index in [1.54, 1.807) is 6.07 Å². The third kappa shape index (κ3) is 3.20. The van der Waals surface area contributed by atoms with E-state index in [-0.39, 0.29) is 5.91 Å². The van der Waals surface area contributed by atoms with Crippen LogP contribution in [0.2, 0.25) is 5.02 Å². The number of hydrogen-bond acceptors (Lipinski definition) is 2. The second-order valence-electron chi connectivity index (χ2n) is 3.59. The third-order valence-electron chi connectivity index (χ3n) is 2.28. The Balaban J connectivity index is 2.90. The Morgan fingerprint density at radius 3 is 2.81 bits per heavy atom. The zero-order valence-electron chi connectivity index (χ0n) is 9.18. The highest BCUT2D eigenvalue weighted by molar-refractivity contribution is 9.10. The fourth-order valence-corrected chi connectivity index (χ4v) is 1.87. The molecule has 5 heteroatoms. The van der Waals surface area contributed by atoms with Crippen LogP contribution in [0.4, 0.5) is 5.69 Å². The number of hydrogen-bond donors (Lipinski definition) is 2. The van der Waals surface area contributed by atoms with Gasteiger partial charge in [0.2, 0.25) is 5.91 Å². The molecule has 0 heterocycles. The Morgan fingerprint density at radius 2 is 2.25 bits per heavy atom. The van der Waals surface area contributed by atoms with E-state index in [1.165, 1.54) is 0 Å². The minimum absolute atomic E-state index is 0.205. The van der Waals surface area contributed by atoms with Gasteiger partial charge in [-0.2, -0.15) is 0 Å². The number of carbonyl (C=O) groups excluding carboxylic acids is 1. The molecule has 0 radical (unpaired) electrons. The van der Waals surface area contributed by atoms with Crippen molar-refractivity contribution < 1.29 is 4.79 Å². The second-order valence-corrected chi connectivity index (χ2v) is 4.85. The van der Waals surface area contributed by atoms with E-state index < -0.39 is 6.04 Å². The van der Waals surface area contributed by atoms with Gasteiger partial charge in [0.05, 0.1) is 11.7 Å². The number of carbonyl (C=O) groups is 1. The van der Waals surface area contributed by atoms with Crippen molar-refractivity contribution in [2.45, 2.75) is 26.3 Å². The third-order valence-corrected chi connectivity index (χ3v) is 3.35. The van der Waals surface area contributed by atoms with Gasteiger partial charge in [-0.05, 0) is 47.0 Å². The summed E-state index contributed by atoms with van der Waals surface area (Å²) in [6.07, 6.45) is 0.600. The van der Waals surface area contributed by atoms with E-state index in [0.29, 0.717) is 17.1 Å². The number of nitrogens with one attached hydrogen (secondary N) is 1. The van der Waals surface area contributed by atoms with E-state index in [1.807, 2.05) is 19.9 Å². The van der Waals surface area contributed by atoms with Crippen molar-refractivity contribution in [3.8, 4) is 0 Å². The highest BCUT2D eigenvalue weighted by Gasteiger charge is 2.13. The number of aryl methyl sites for hydroxylation is 1. The molecule has 0 aromatic heterocycles. The van der Waals surface area contributed by atoms with Gasteiger partial charge in [0.25, 0.3) is 0 Å². The number of amides is 1. The Labute approximate surface area is 108 Å². The summed E-state index contributed by atoms with van der Waals surface area (Å²) < 4.78 is 0.797. The number of rotatable bonds is 3. The van der Waals surface area contributed by atoms with E-state index in [9.17, 15) is 4.79 Å². The fourth-order valence-electron chi connectivity index (χ4n) is 1.15. The molecule has 0 bridgehead atoms. The van der Waals surface area contributed by atoms with E-state index in [2.05, 4.69) is 21.2 Å². The zero-order valence-corrected chi connectivity index (χ0v) is 11.5.